The van der Waals surface area contributed by atoms with E-state index in [1.165, 1.54) is 12.1 Å². The molecule has 0 bridgehead atoms. The lowest BCUT2D eigenvalue weighted by molar-refractivity contribution is 0.598. The van der Waals surface area contributed by atoms with E-state index in [0.29, 0.717) is 11.6 Å². The summed E-state index contributed by atoms with van der Waals surface area (Å²) in [6.07, 6.45) is 0. The number of hydrogen-bond acceptors (Lipinski definition) is 4. The summed E-state index contributed by atoms with van der Waals surface area (Å²) < 4.78 is 28.2. The third-order valence-corrected chi connectivity index (χ3v) is 4.21. The first-order chi connectivity index (χ1) is 10.4. The highest BCUT2D eigenvalue weighted by Gasteiger charge is 2.14. The molecule has 0 radical (unpaired) electrons. The maximum atomic E-state index is 11.3. The van der Waals surface area contributed by atoms with Crippen molar-refractivity contribution in [3.8, 4) is 22.5 Å². The number of furan rings is 1. The van der Waals surface area contributed by atoms with Gasteiger partial charge in [-0.1, -0.05) is 42.5 Å². The SMILES string of the molecule is Nc1cc(-c2ccc(S(N)(=O)=O)cc2)c(-c2ccccc2)o1. The van der Waals surface area contributed by atoms with E-state index in [4.69, 9.17) is 15.3 Å². The lowest BCUT2D eigenvalue weighted by Gasteiger charge is -2.04. The van der Waals surface area contributed by atoms with Gasteiger partial charge in [-0.15, -0.1) is 0 Å². The molecule has 112 valence electrons. The summed E-state index contributed by atoms with van der Waals surface area (Å²) in [7, 11) is -3.71. The second-order valence-corrected chi connectivity index (χ2v) is 6.39. The van der Waals surface area contributed by atoms with Gasteiger partial charge in [0.05, 0.1) is 4.90 Å². The molecule has 0 atom stereocenters. The highest BCUT2D eigenvalue weighted by atomic mass is 32.2. The van der Waals surface area contributed by atoms with Crippen LogP contribution in [-0.2, 0) is 10.0 Å². The molecule has 6 heteroatoms. The van der Waals surface area contributed by atoms with E-state index < -0.39 is 10.0 Å². The van der Waals surface area contributed by atoms with Crippen molar-refractivity contribution < 1.29 is 12.8 Å². The van der Waals surface area contributed by atoms with Crippen LogP contribution in [0.4, 0.5) is 5.88 Å². The van der Waals surface area contributed by atoms with Crippen LogP contribution in [-0.4, -0.2) is 8.42 Å². The zero-order valence-electron chi connectivity index (χ0n) is 11.6. The molecule has 0 amide bonds. The summed E-state index contributed by atoms with van der Waals surface area (Å²) in [6, 6.07) is 17.5. The molecule has 0 fully saturated rings. The van der Waals surface area contributed by atoms with E-state index in [1.54, 1.807) is 18.2 Å². The van der Waals surface area contributed by atoms with Crippen molar-refractivity contribution in [2.75, 3.05) is 5.73 Å². The number of rotatable bonds is 3. The summed E-state index contributed by atoms with van der Waals surface area (Å²) in [6.45, 7) is 0. The minimum atomic E-state index is -3.71. The number of nitrogens with two attached hydrogens (primary N) is 2. The van der Waals surface area contributed by atoms with Crippen LogP contribution in [0.25, 0.3) is 22.5 Å². The average Bonchev–Trinajstić information content (AvgIpc) is 2.89. The number of anilines is 1. The fourth-order valence-electron chi connectivity index (χ4n) is 2.25. The molecule has 4 N–H and O–H groups in total. The van der Waals surface area contributed by atoms with Gasteiger partial charge in [0.2, 0.25) is 10.0 Å². The Morgan fingerprint density at radius 1 is 0.864 bits per heavy atom. The van der Waals surface area contributed by atoms with Crippen molar-refractivity contribution in [1.29, 1.82) is 0 Å². The largest absolute Gasteiger partial charge is 0.440 e. The van der Waals surface area contributed by atoms with Crippen LogP contribution in [0.1, 0.15) is 0 Å². The van der Waals surface area contributed by atoms with E-state index in [0.717, 1.165) is 16.7 Å². The molecular formula is C16H14N2O3S. The lowest BCUT2D eigenvalue weighted by atomic mass is 10.0. The maximum absolute atomic E-state index is 11.3. The van der Waals surface area contributed by atoms with Crippen LogP contribution in [0.2, 0.25) is 0 Å². The van der Waals surface area contributed by atoms with Crippen LogP contribution < -0.4 is 10.9 Å². The smallest absolute Gasteiger partial charge is 0.238 e. The Balaban J connectivity index is 2.10. The molecule has 1 aromatic heterocycles. The van der Waals surface area contributed by atoms with Gasteiger partial charge in [-0.3, -0.25) is 0 Å². The predicted molar refractivity (Wildman–Crippen MR) is 85.4 cm³/mol. The van der Waals surface area contributed by atoms with Gasteiger partial charge in [0.15, 0.2) is 5.88 Å². The van der Waals surface area contributed by atoms with Gasteiger partial charge in [0, 0.05) is 17.2 Å². The van der Waals surface area contributed by atoms with Gasteiger partial charge in [0.25, 0.3) is 0 Å². The molecule has 3 aromatic rings. The number of hydrogen-bond donors (Lipinski definition) is 2. The van der Waals surface area contributed by atoms with E-state index >= 15 is 0 Å². The number of primary sulfonamides is 1. The minimum absolute atomic E-state index is 0.0639. The molecule has 1 heterocycles. The first-order valence-electron chi connectivity index (χ1n) is 6.53. The molecule has 0 spiro atoms. The van der Waals surface area contributed by atoms with Crippen molar-refractivity contribution in [2.45, 2.75) is 4.90 Å². The number of sulfonamides is 1. The molecule has 2 aromatic carbocycles. The monoisotopic (exact) mass is 314 g/mol. The van der Waals surface area contributed by atoms with E-state index in [1.807, 2.05) is 30.3 Å². The second kappa shape index (κ2) is 5.32. The first-order valence-corrected chi connectivity index (χ1v) is 8.08. The first kappa shape index (κ1) is 14.4. The summed E-state index contributed by atoms with van der Waals surface area (Å²) >= 11 is 0. The number of nitrogen functional groups attached to an aromatic ring is 1. The molecule has 22 heavy (non-hydrogen) atoms. The van der Waals surface area contributed by atoms with Gasteiger partial charge < -0.3 is 10.2 Å². The molecule has 0 aliphatic heterocycles. The van der Waals surface area contributed by atoms with E-state index in [-0.39, 0.29) is 4.90 Å². The Bertz CT molecular complexity index is 898. The highest BCUT2D eigenvalue weighted by Crippen LogP contribution is 2.36. The quantitative estimate of drug-likeness (QED) is 0.776. The highest BCUT2D eigenvalue weighted by molar-refractivity contribution is 7.89. The van der Waals surface area contributed by atoms with Crippen LogP contribution in [0.15, 0.2) is 70.0 Å². The van der Waals surface area contributed by atoms with Crippen molar-refractivity contribution in [3.05, 3.63) is 60.7 Å². The Kier molecular flexibility index (Phi) is 3.48. The molecule has 0 aliphatic rings. The maximum Gasteiger partial charge on any atom is 0.238 e. The van der Waals surface area contributed by atoms with Crippen molar-refractivity contribution in [3.63, 3.8) is 0 Å². The van der Waals surface area contributed by atoms with Crippen LogP contribution in [0, 0.1) is 0 Å². The van der Waals surface area contributed by atoms with Gasteiger partial charge in [0.1, 0.15) is 5.76 Å². The van der Waals surface area contributed by atoms with Crippen molar-refractivity contribution in [2.24, 2.45) is 5.14 Å². The van der Waals surface area contributed by atoms with Gasteiger partial charge in [-0.05, 0) is 17.7 Å². The summed E-state index contributed by atoms with van der Waals surface area (Å²) in [5.41, 5.74) is 8.26. The summed E-state index contributed by atoms with van der Waals surface area (Å²) in [5, 5.41) is 5.10. The molecule has 5 nitrogen and oxygen atoms in total. The summed E-state index contributed by atoms with van der Waals surface area (Å²) in [5.74, 6) is 0.936. The predicted octanol–water partition coefficient (Wildman–Crippen LogP) is 2.84. The van der Waals surface area contributed by atoms with Gasteiger partial charge in [-0.2, -0.15) is 0 Å². The Hall–Kier alpha value is -2.57. The van der Waals surface area contributed by atoms with Crippen LogP contribution in [0.3, 0.4) is 0 Å². The van der Waals surface area contributed by atoms with Gasteiger partial charge in [-0.25, -0.2) is 13.6 Å². The van der Waals surface area contributed by atoms with E-state index in [2.05, 4.69) is 0 Å². The third kappa shape index (κ3) is 2.74. The zero-order valence-corrected chi connectivity index (χ0v) is 12.4. The van der Waals surface area contributed by atoms with Crippen LogP contribution >= 0.6 is 0 Å². The normalized spacial score (nSPS) is 11.5. The molecule has 0 aliphatic carbocycles. The van der Waals surface area contributed by atoms with Crippen molar-refractivity contribution in [1.82, 2.24) is 0 Å². The Labute approximate surface area is 128 Å². The van der Waals surface area contributed by atoms with Gasteiger partial charge >= 0.3 is 0 Å². The number of benzene rings is 2. The summed E-state index contributed by atoms with van der Waals surface area (Å²) in [4.78, 5) is 0.0639. The lowest BCUT2D eigenvalue weighted by Crippen LogP contribution is -2.11. The van der Waals surface area contributed by atoms with E-state index in [9.17, 15) is 8.42 Å². The Morgan fingerprint density at radius 2 is 1.50 bits per heavy atom. The molecule has 0 saturated carbocycles. The molecular weight excluding hydrogens is 300 g/mol. The van der Waals surface area contributed by atoms with Crippen molar-refractivity contribution >= 4 is 15.9 Å². The third-order valence-electron chi connectivity index (χ3n) is 3.28. The minimum Gasteiger partial charge on any atom is -0.440 e. The molecule has 0 saturated heterocycles. The fourth-order valence-corrected chi connectivity index (χ4v) is 2.77. The fraction of sp³-hybridized carbons (Fsp3) is 0. The second-order valence-electron chi connectivity index (χ2n) is 4.83. The van der Waals surface area contributed by atoms with Crippen LogP contribution in [0.5, 0.6) is 0 Å². The Morgan fingerprint density at radius 3 is 2.09 bits per heavy atom. The molecule has 0 unspecified atom stereocenters. The topological polar surface area (TPSA) is 99.3 Å². The average molecular weight is 314 g/mol. The standard InChI is InChI=1S/C16H14N2O3S/c17-15-10-14(16(21-15)12-4-2-1-3-5-12)11-6-8-13(9-7-11)22(18,19)20/h1-10H,17H2,(H2,18,19,20). The molecule has 3 rings (SSSR count). The zero-order chi connectivity index (χ0) is 15.7.